The van der Waals surface area contributed by atoms with Gasteiger partial charge in [-0.25, -0.2) is 9.67 Å². The third kappa shape index (κ3) is 3.37. The molecule has 0 saturated heterocycles. The first-order valence-corrected chi connectivity index (χ1v) is 11.0. The van der Waals surface area contributed by atoms with Crippen molar-refractivity contribution in [1.29, 1.82) is 0 Å². The van der Waals surface area contributed by atoms with E-state index in [-0.39, 0.29) is 11.8 Å². The van der Waals surface area contributed by atoms with E-state index in [0.717, 1.165) is 16.7 Å². The van der Waals surface area contributed by atoms with Gasteiger partial charge in [0.1, 0.15) is 10.7 Å². The average molecular weight is 456 g/mol. The molecule has 33 heavy (non-hydrogen) atoms. The summed E-state index contributed by atoms with van der Waals surface area (Å²) in [4.78, 5) is 4.32. The number of fused-ring (bicyclic) bond motifs is 1. The Morgan fingerprint density at radius 1 is 0.848 bits per heavy atom. The molecule has 5 nitrogen and oxygen atoms in total. The Morgan fingerprint density at radius 3 is 1.76 bits per heavy atom. The van der Waals surface area contributed by atoms with Crippen molar-refractivity contribution in [3.63, 3.8) is 0 Å². The lowest BCUT2D eigenvalue weighted by Gasteiger charge is -2.36. The van der Waals surface area contributed by atoms with Crippen LogP contribution in [0, 0.1) is 0 Å². The van der Waals surface area contributed by atoms with Crippen LogP contribution in [0.1, 0.15) is 22.4 Å². The van der Waals surface area contributed by atoms with Crippen LogP contribution in [-0.4, -0.2) is 27.0 Å². The molecule has 2 aromatic heterocycles. The number of halogens is 1. The van der Waals surface area contributed by atoms with Crippen molar-refractivity contribution in [1.82, 2.24) is 14.8 Å². The minimum Gasteiger partial charge on any atom is -0.479 e. The lowest BCUT2D eigenvalue weighted by Crippen LogP contribution is -2.38. The van der Waals surface area contributed by atoms with Crippen molar-refractivity contribution < 1.29 is 9.84 Å². The summed E-state index contributed by atoms with van der Waals surface area (Å²) in [7, 11) is 1.57. The van der Waals surface area contributed by atoms with E-state index in [4.69, 9.17) is 21.4 Å². The van der Waals surface area contributed by atoms with E-state index in [1.807, 2.05) is 59.3 Å². The highest BCUT2D eigenvalue weighted by Crippen LogP contribution is 2.44. The highest BCUT2D eigenvalue weighted by Gasteiger charge is 2.41. The quantitative estimate of drug-likeness (QED) is 0.274. The van der Waals surface area contributed by atoms with Gasteiger partial charge in [-0.3, -0.25) is 0 Å². The van der Waals surface area contributed by atoms with Crippen LogP contribution in [0.25, 0.3) is 10.9 Å². The first-order valence-electron chi connectivity index (χ1n) is 10.6. The van der Waals surface area contributed by atoms with Crippen molar-refractivity contribution >= 4 is 22.5 Å². The monoisotopic (exact) mass is 455 g/mol. The predicted octanol–water partition coefficient (Wildman–Crippen LogP) is 5.43. The molecule has 1 N–H and O–H groups in total. The summed E-state index contributed by atoms with van der Waals surface area (Å²) in [5.41, 5.74) is 3.36. The van der Waals surface area contributed by atoms with E-state index >= 15 is 0 Å². The maximum atomic E-state index is 10.0. The second kappa shape index (κ2) is 8.70. The summed E-state index contributed by atoms with van der Waals surface area (Å²) in [5.74, 6) is 0.380. The first kappa shape index (κ1) is 21.2. The lowest BCUT2D eigenvalue weighted by atomic mass is 9.77. The van der Waals surface area contributed by atoms with Crippen molar-refractivity contribution in [3.05, 3.63) is 125 Å². The van der Waals surface area contributed by atoms with E-state index in [1.54, 1.807) is 13.2 Å². The van der Waals surface area contributed by atoms with Gasteiger partial charge < -0.3 is 9.84 Å². The number of ether oxygens (including phenoxy) is 1. The summed E-state index contributed by atoms with van der Waals surface area (Å²) in [6.07, 6.45) is 0. The van der Waals surface area contributed by atoms with Crippen LogP contribution >= 0.6 is 11.6 Å². The van der Waals surface area contributed by atoms with Crippen molar-refractivity contribution in [2.24, 2.45) is 0 Å². The molecular formula is C27H22ClN3O2. The van der Waals surface area contributed by atoms with Gasteiger partial charge >= 0.3 is 0 Å². The fourth-order valence-electron chi connectivity index (χ4n) is 4.56. The topological polar surface area (TPSA) is 60.2 Å². The third-order valence-electron chi connectivity index (χ3n) is 5.91. The van der Waals surface area contributed by atoms with E-state index < -0.39 is 5.54 Å². The highest BCUT2D eigenvalue weighted by molar-refractivity contribution is 6.30. The molecule has 3 aromatic carbocycles. The molecule has 0 fully saturated rings. The predicted molar refractivity (Wildman–Crippen MR) is 130 cm³/mol. The summed E-state index contributed by atoms with van der Waals surface area (Å²) in [6, 6.07) is 32.4. The Bertz CT molecular complexity index is 1290. The molecule has 0 bridgehead atoms. The van der Waals surface area contributed by atoms with Crippen LogP contribution in [0.3, 0.4) is 0 Å². The molecule has 0 saturated carbocycles. The number of rotatable bonds is 6. The van der Waals surface area contributed by atoms with Gasteiger partial charge in [-0.15, -0.1) is 5.10 Å². The Labute approximate surface area is 196 Å². The molecule has 164 valence electrons. The van der Waals surface area contributed by atoms with Crippen molar-refractivity contribution in [2.45, 2.75) is 12.1 Å². The molecule has 0 aliphatic carbocycles. The number of hydrogen-bond acceptors (Lipinski definition) is 4. The summed E-state index contributed by atoms with van der Waals surface area (Å²) >= 11 is 6.41. The molecule has 0 aliphatic rings. The largest absolute Gasteiger partial charge is 0.479 e. The normalized spacial score (nSPS) is 11.6. The van der Waals surface area contributed by atoms with Crippen molar-refractivity contribution in [3.8, 4) is 5.88 Å². The van der Waals surface area contributed by atoms with E-state index in [9.17, 15) is 5.11 Å². The van der Waals surface area contributed by atoms with Crippen LogP contribution in [0.2, 0.25) is 5.15 Å². The van der Waals surface area contributed by atoms with Gasteiger partial charge in [-0.2, -0.15) is 0 Å². The van der Waals surface area contributed by atoms with Gasteiger partial charge in [0.2, 0.25) is 5.88 Å². The highest BCUT2D eigenvalue weighted by atomic mass is 35.5. The number of methoxy groups -OCH3 is 1. The van der Waals surface area contributed by atoms with Gasteiger partial charge in [-0.05, 0) is 16.7 Å². The number of nitrogens with zero attached hydrogens (tertiary/aromatic N) is 3. The van der Waals surface area contributed by atoms with E-state index in [0.29, 0.717) is 22.5 Å². The van der Waals surface area contributed by atoms with Crippen molar-refractivity contribution in [2.75, 3.05) is 7.11 Å². The van der Waals surface area contributed by atoms with Gasteiger partial charge in [0.15, 0.2) is 0 Å². The summed E-state index contributed by atoms with van der Waals surface area (Å²) < 4.78 is 7.61. The Kier molecular flexibility index (Phi) is 5.58. The van der Waals surface area contributed by atoms with Crippen LogP contribution in [0.5, 0.6) is 5.88 Å². The van der Waals surface area contributed by atoms with E-state index in [1.165, 1.54) is 0 Å². The number of aromatic nitrogens is 3. The SMILES string of the molecule is COc1nn(C(c2ccccc2)(c2ccccc2)c2ccccc2)c2cc(Cl)nc(CO)c12. The molecule has 2 heterocycles. The second-order valence-corrected chi connectivity index (χ2v) is 8.06. The van der Waals surface area contributed by atoms with Crippen LogP contribution in [-0.2, 0) is 12.1 Å². The smallest absolute Gasteiger partial charge is 0.242 e. The van der Waals surface area contributed by atoms with E-state index in [2.05, 4.69) is 41.4 Å². The van der Waals surface area contributed by atoms with Gasteiger partial charge in [0.25, 0.3) is 0 Å². The fourth-order valence-corrected chi connectivity index (χ4v) is 4.77. The number of benzene rings is 3. The van der Waals surface area contributed by atoms with Crippen LogP contribution < -0.4 is 4.74 Å². The molecule has 6 heteroatoms. The standard InChI is InChI=1S/C27H22ClN3O2/c1-33-26-25-22(18-32)29-24(28)17-23(25)31(30-26)27(19-11-5-2-6-12-19,20-13-7-3-8-14-20)21-15-9-4-10-16-21/h2-17,32H,18H2,1H3. The van der Waals surface area contributed by atoms with Gasteiger partial charge in [0, 0.05) is 6.07 Å². The Morgan fingerprint density at radius 2 is 1.33 bits per heavy atom. The maximum Gasteiger partial charge on any atom is 0.242 e. The average Bonchev–Trinajstić information content (AvgIpc) is 3.25. The maximum absolute atomic E-state index is 10.0. The molecule has 5 aromatic rings. The molecule has 0 atom stereocenters. The molecule has 0 radical (unpaired) electrons. The number of aliphatic hydroxyl groups excluding tert-OH is 1. The molecule has 0 unspecified atom stereocenters. The molecule has 5 rings (SSSR count). The summed E-state index contributed by atoms with van der Waals surface area (Å²) in [6.45, 7) is -0.284. The number of aliphatic hydroxyl groups is 1. The van der Waals surface area contributed by atoms with Crippen LogP contribution in [0.4, 0.5) is 0 Å². The Balaban J connectivity index is 2.01. The first-order chi connectivity index (χ1) is 16.2. The second-order valence-electron chi connectivity index (χ2n) is 7.67. The molecular weight excluding hydrogens is 434 g/mol. The molecule has 0 spiro atoms. The fraction of sp³-hybridized carbons (Fsp3) is 0.111. The Hall–Kier alpha value is -3.67. The minimum atomic E-state index is -0.837. The lowest BCUT2D eigenvalue weighted by molar-refractivity contribution is 0.278. The molecule has 0 aliphatic heterocycles. The zero-order valence-electron chi connectivity index (χ0n) is 18.0. The van der Waals surface area contributed by atoms with Gasteiger partial charge in [-0.1, -0.05) is 103 Å². The number of hydrogen-bond donors (Lipinski definition) is 1. The third-order valence-corrected chi connectivity index (χ3v) is 6.10. The molecule has 0 amide bonds. The number of pyridine rings is 1. The zero-order valence-corrected chi connectivity index (χ0v) is 18.8. The zero-order chi connectivity index (χ0) is 22.8. The summed E-state index contributed by atoms with van der Waals surface area (Å²) in [5, 5.41) is 15.9. The van der Waals surface area contributed by atoms with Crippen LogP contribution in [0.15, 0.2) is 97.1 Å². The minimum absolute atomic E-state index is 0.276. The van der Waals surface area contributed by atoms with Gasteiger partial charge in [0.05, 0.1) is 30.3 Å².